The molecule has 0 saturated heterocycles. The first-order valence-electron chi connectivity index (χ1n) is 11.3. The molecule has 1 fully saturated rings. The Morgan fingerprint density at radius 2 is 1.81 bits per heavy atom. The molecule has 7 heteroatoms. The zero-order chi connectivity index (χ0) is 22.6. The topological polar surface area (TPSA) is 98.2 Å². The number of ether oxygens (including phenoxy) is 1. The average molecular weight is 436 g/mol. The van der Waals surface area contributed by atoms with E-state index in [1.54, 1.807) is 25.2 Å². The lowest BCUT2D eigenvalue weighted by Gasteiger charge is -2.29. The number of benzene rings is 2. The number of anilines is 1. The molecule has 1 heterocycles. The summed E-state index contributed by atoms with van der Waals surface area (Å²) in [6.45, 7) is 0.0655. The van der Waals surface area contributed by atoms with E-state index < -0.39 is 5.54 Å². The van der Waals surface area contributed by atoms with Crippen LogP contribution in [0.3, 0.4) is 0 Å². The van der Waals surface area contributed by atoms with Gasteiger partial charge in [0.15, 0.2) is 0 Å². The van der Waals surface area contributed by atoms with Gasteiger partial charge < -0.3 is 15.8 Å². The van der Waals surface area contributed by atoms with Crippen molar-refractivity contribution >= 4 is 23.5 Å². The second-order valence-electron chi connectivity index (χ2n) is 8.80. The van der Waals surface area contributed by atoms with Crippen LogP contribution in [0, 0.1) is 5.92 Å². The van der Waals surface area contributed by atoms with Crippen molar-refractivity contribution in [2.24, 2.45) is 16.6 Å². The first-order valence-corrected chi connectivity index (χ1v) is 11.3. The Kier molecular flexibility index (Phi) is 6.55. The Labute approximate surface area is 188 Å². The van der Waals surface area contributed by atoms with Crippen LogP contribution in [0.5, 0.6) is 5.75 Å². The predicted octanol–water partition coefficient (Wildman–Crippen LogP) is 2.40. The molecule has 4 rings (SSSR count). The van der Waals surface area contributed by atoms with Crippen molar-refractivity contribution in [3.05, 3.63) is 60.2 Å². The van der Waals surface area contributed by atoms with Gasteiger partial charge in [-0.1, -0.05) is 62.4 Å². The van der Waals surface area contributed by atoms with E-state index >= 15 is 0 Å². The highest BCUT2D eigenvalue weighted by atomic mass is 16.5. The van der Waals surface area contributed by atoms with Gasteiger partial charge in [-0.05, 0) is 36.6 Å². The lowest BCUT2D eigenvalue weighted by Crippen LogP contribution is -3.15. The fourth-order valence-electron chi connectivity index (χ4n) is 4.69. The second kappa shape index (κ2) is 9.53. The van der Waals surface area contributed by atoms with Crippen molar-refractivity contribution in [2.75, 3.05) is 19.0 Å². The number of hydrogen-bond donors (Lipinski definition) is 3. The molecule has 0 radical (unpaired) electrons. The van der Waals surface area contributed by atoms with Crippen molar-refractivity contribution in [1.82, 2.24) is 0 Å². The molecule has 2 unspecified atom stereocenters. The molecule has 1 aliphatic carbocycles. The quantitative estimate of drug-likeness (QED) is 0.622. The molecule has 0 aromatic heterocycles. The minimum Gasteiger partial charge on any atom is -0.489 e. The van der Waals surface area contributed by atoms with Gasteiger partial charge in [-0.3, -0.25) is 4.79 Å². The average Bonchev–Trinajstić information content (AvgIpc) is 3.03. The molecular weight excluding hydrogens is 404 g/mol. The summed E-state index contributed by atoms with van der Waals surface area (Å²) in [5.74, 6) is 0.818. The Bertz CT molecular complexity index is 1000. The van der Waals surface area contributed by atoms with Crippen LogP contribution in [-0.2, 0) is 4.79 Å². The monoisotopic (exact) mass is 435 g/mol. The molecular formula is C25H31N4O3+. The summed E-state index contributed by atoms with van der Waals surface area (Å²) in [4.78, 5) is 31.2. The van der Waals surface area contributed by atoms with Crippen LogP contribution < -0.4 is 20.7 Å². The standard InChI is InChI=1S/C25H30N4O3/c1-29-23(31)25(28-24(29)26,16-18-10-4-2-5-11-18)17-32-21-15-9-8-14-20(21)22(30)27-19-12-6-3-7-13-19/h3,6-9,12-15,18H,2,4-5,10-11,16-17H2,1H3,(H2,26,28)(H,27,30)/p+1. The van der Waals surface area contributed by atoms with Crippen LogP contribution in [0.15, 0.2) is 59.6 Å². The minimum absolute atomic E-state index is 0.0632. The Balaban J connectivity index is 1.54. The minimum atomic E-state index is -1.01. The third kappa shape index (κ3) is 4.67. The van der Waals surface area contributed by atoms with Crippen LogP contribution in [-0.4, -0.2) is 37.0 Å². The van der Waals surface area contributed by atoms with Gasteiger partial charge in [0.2, 0.25) is 5.54 Å². The number of carbonyl (C=O) groups is 2. The van der Waals surface area contributed by atoms with Crippen LogP contribution in [0.4, 0.5) is 5.69 Å². The zero-order valence-corrected chi connectivity index (χ0v) is 18.5. The molecule has 2 atom stereocenters. The van der Waals surface area contributed by atoms with E-state index in [1.807, 2.05) is 36.4 Å². The molecule has 32 heavy (non-hydrogen) atoms. The van der Waals surface area contributed by atoms with Gasteiger partial charge in [-0.15, -0.1) is 0 Å². The fourth-order valence-corrected chi connectivity index (χ4v) is 4.69. The summed E-state index contributed by atoms with van der Waals surface area (Å²) < 4.78 is 6.13. The van der Waals surface area contributed by atoms with E-state index in [9.17, 15) is 9.59 Å². The number of nitrogens with two attached hydrogens (primary N) is 1. The highest BCUT2D eigenvalue weighted by molar-refractivity contribution is 6.06. The number of para-hydroxylation sites is 2. The normalized spacial score (nSPS) is 23.6. The highest BCUT2D eigenvalue weighted by Gasteiger charge is 2.53. The number of carbonyl (C=O) groups excluding carboxylic acids is 2. The fraction of sp³-hybridized carbons (Fsp3) is 0.400. The summed E-state index contributed by atoms with van der Waals surface area (Å²) >= 11 is 0. The van der Waals surface area contributed by atoms with Gasteiger partial charge in [0.25, 0.3) is 5.91 Å². The molecule has 2 aromatic carbocycles. The second-order valence-corrected chi connectivity index (χ2v) is 8.80. The molecule has 2 aromatic rings. The van der Waals surface area contributed by atoms with Crippen molar-refractivity contribution < 1.29 is 19.2 Å². The van der Waals surface area contributed by atoms with Crippen LogP contribution in [0.25, 0.3) is 0 Å². The predicted molar refractivity (Wildman–Crippen MR) is 124 cm³/mol. The maximum Gasteiger partial charge on any atom is 0.351 e. The molecule has 0 bridgehead atoms. The number of amides is 2. The molecule has 0 spiro atoms. The van der Waals surface area contributed by atoms with Crippen LogP contribution in [0.2, 0.25) is 0 Å². The maximum atomic E-state index is 13.2. The van der Waals surface area contributed by atoms with E-state index in [0.717, 1.165) is 12.8 Å². The molecule has 2 amide bonds. The Morgan fingerprint density at radius 1 is 1.12 bits per heavy atom. The zero-order valence-electron chi connectivity index (χ0n) is 18.5. The molecule has 1 aliphatic heterocycles. The van der Waals surface area contributed by atoms with E-state index in [0.29, 0.717) is 40.2 Å². The maximum absolute atomic E-state index is 13.2. The van der Waals surface area contributed by atoms with Gasteiger partial charge in [-0.25, -0.2) is 9.69 Å². The van der Waals surface area contributed by atoms with Crippen molar-refractivity contribution in [2.45, 2.75) is 44.1 Å². The summed E-state index contributed by atoms with van der Waals surface area (Å²) in [5.41, 5.74) is 6.15. The third-order valence-electron chi connectivity index (χ3n) is 6.46. The van der Waals surface area contributed by atoms with Gasteiger partial charge in [0, 0.05) is 5.69 Å². The number of likely N-dealkylation sites (N-methyl/N-ethyl adjacent to an activating group) is 1. The molecule has 1 saturated carbocycles. The van der Waals surface area contributed by atoms with E-state index in [4.69, 9.17) is 10.5 Å². The lowest BCUT2D eigenvalue weighted by atomic mass is 9.79. The smallest absolute Gasteiger partial charge is 0.351 e. The Hall–Kier alpha value is -3.19. The number of rotatable bonds is 7. The third-order valence-corrected chi connectivity index (χ3v) is 6.46. The molecule has 2 aliphatic rings. The van der Waals surface area contributed by atoms with Crippen LogP contribution in [0.1, 0.15) is 48.9 Å². The van der Waals surface area contributed by atoms with Crippen molar-refractivity contribution in [1.29, 1.82) is 0 Å². The number of nitrogens with one attached hydrogen (secondary N) is 2. The summed E-state index contributed by atoms with van der Waals surface area (Å²) in [6, 6.07) is 16.3. The number of quaternary nitrogens is 1. The largest absolute Gasteiger partial charge is 0.489 e. The number of nitrogens with zero attached hydrogens (tertiary/aromatic N) is 1. The SMILES string of the molecule is C[NH+]1C(=O)C(COc2ccccc2C(=O)Nc2ccccc2)(CC2CCCCC2)N=C1N. The van der Waals surface area contributed by atoms with Gasteiger partial charge in [0.05, 0.1) is 12.6 Å². The van der Waals surface area contributed by atoms with Crippen molar-refractivity contribution in [3.8, 4) is 5.75 Å². The molecule has 7 nitrogen and oxygen atoms in total. The van der Waals surface area contributed by atoms with E-state index in [1.165, 1.54) is 19.3 Å². The first-order chi connectivity index (χ1) is 15.5. The number of guanidine groups is 1. The Morgan fingerprint density at radius 3 is 2.50 bits per heavy atom. The molecule has 4 N–H and O–H groups in total. The summed E-state index contributed by atoms with van der Waals surface area (Å²) in [7, 11) is 1.73. The van der Waals surface area contributed by atoms with Gasteiger partial charge >= 0.3 is 11.9 Å². The van der Waals surface area contributed by atoms with Crippen LogP contribution >= 0.6 is 0 Å². The summed E-state index contributed by atoms with van der Waals surface area (Å²) in [6.07, 6.45) is 6.43. The highest BCUT2D eigenvalue weighted by Crippen LogP contribution is 2.34. The first kappa shape index (κ1) is 22.0. The summed E-state index contributed by atoms with van der Waals surface area (Å²) in [5, 5.41) is 2.89. The van der Waals surface area contributed by atoms with E-state index in [-0.39, 0.29) is 18.4 Å². The number of hydrogen-bond acceptors (Lipinski definition) is 5. The van der Waals surface area contributed by atoms with Gasteiger partial charge in [-0.2, -0.15) is 4.99 Å². The van der Waals surface area contributed by atoms with Crippen molar-refractivity contribution in [3.63, 3.8) is 0 Å². The number of aliphatic imine (C=N–C) groups is 1. The van der Waals surface area contributed by atoms with E-state index in [2.05, 4.69) is 10.3 Å². The lowest BCUT2D eigenvalue weighted by molar-refractivity contribution is -0.694. The van der Waals surface area contributed by atoms with Gasteiger partial charge in [0.1, 0.15) is 12.4 Å². The molecule has 168 valence electrons.